The lowest BCUT2D eigenvalue weighted by molar-refractivity contribution is 0.0832. The molecule has 1 aliphatic carbocycles. The zero-order valence-electron chi connectivity index (χ0n) is 8.87. The first kappa shape index (κ1) is 11.0. The van der Waals surface area contributed by atoms with Crippen LogP contribution in [0.2, 0.25) is 0 Å². The van der Waals surface area contributed by atoms with Crippen LogP contribution in [0.4, 0.5) is 4.39 Å². The van der Waals surface area contributed by atoms with E-state index in [9.17, 15) is 9.18 Å². The summed E-state index contributed by atoms with van der Waals surface area (Å²) in [6.07, 6.45) is 3.91. The second-order valence-corrected chi connectivity index (χ2v) is 4.15. The number of carbonyl (C=O) groups excluding carboxylic acids is 1. The predicted molar refractivity (Wildman–Crippen MR) is 57.3 cm³/mol. The third-order valence-corrected chi connectivity index (χ3v) is 3.04. The Labute approximate surface area is 93.1 Å². The molecule has 3 N–H and O–H groups in total. The van der Waals surface area contributed by atoms with Crippen LogP contribution in [-0.4, -0.2) is 23.0 Å². The van der Waals surface area contributed by atoms with E-state index in [2.05, 4.69) is 10.3 Å². The Morgan fingerprint density at radius 1 is 1.56 bits per heavy atom. The summed E-state index contributed by atoms with van der Waals surface area (Å²) in [5.74, 6) is -0.737. The molecule has 1 fully saturated rings. The highest BCUT2D eigenvalue weighted by Crippen LogP contribution is 2.30. The standard InChI is InChI=1S/C11H14FN3O/c12-8-2-3-9(14-6-8)10(16)15-11(7-13)4-1-5-11/h2-3,6H,1,4-5,7,13H2,(H,15,16). The van der Waals surface area contributed by atoms with E-state index >= 15 is 0 Å². The van der Waals surface area contributed by atoms with Crippen molar-refractivity contribution in [1.29, 1.82) is 0 Å². The third-order valence-electron chi connectivity index (χ3n) is 3.04. The quantitative estimate of drug-likeness (QED) is 0.797. The van der Waals surface area contributed by atoms with Crippen LogP contribution in [0, 0.1) is 5.82 Å². The number of aromatic nitrogens is 1. The van der Waals surface area contributed by atoms with Crippen molar-refractivity contribution >= 4 is 5.91 Å². The van der Waals surface area contributed by atoms with Crippen molar-refractivity contribution in [2.24, 2.45) is 5.73 Å². The molecule has 0 atom stereocenters. The minimum atomic E-state index is -0.450. The summed E-state index contributed by atoms with van der Waals surface area (Å²) in [7, 11) is 0. The Bertz CT molecular complexity index is 381. The zero-order valence-corrected chi connectivity index (χ0v) is 8.87. The normalized spacial score (nSPS) is 17.6. The van der Waals surface area contributed by atoms with Gasteiger partial charge in [0.15, 0.2) is 0 Å². The molecule has 1 heterocycles. The maximum absolute atomic E-state index is 12.6. The highest BCUT2D eigenvalue weighted by Gasteiger charge is 2.37. The van der Waals surface area contributed by atoms with Gasteiger partial charge in [-0.05, 0) is 31.4 Å². The Morgan fingerprint density at radius 3 is 2.75 bits per heavy atom. The van der Waals surface area contributed by atoms with Gasteiger partial charge in [0, 0.05) is 6.54 Å². The van der Waals surface area contributed by atoms with Crippen LogP contribution in [0.25, 0.3) is 0 Å². The number of nitrogens with two attached hydrogens (primary N) is 1. The largest absolute Gasteiger partial charge is 0.344 e. The summed E-state index contributed by atoms with van der Waals surface area (Å²) in [6.45, 7) is 0.430. The second kappa shape index (κ2) is 4.17. The van der Waals surface area contributed by atoms with Crippen molar-refractivity contribution in [3.05, 3.63) is 29.8 Å². The molecule has 1 amide bonds. The number of carbonyl (C=O) groups is 1. The van der Waals surface area contributed by atoms with Gasteiger partial charge in [0.2, 0.25) is 0 Å². The lowest BCUT2D eigenvalue weighted by Gasteiger charge is -2.41. The van der Waals surface area contributed by atoms with Crippen molar-refractivity contribution < 1.29 is 9.18 Å². The maximum Gasteiger partial charge on any atom is 0.270 e. The number of pyridine rings is 1. The third kappa shape index (κ3) is 2.04. The van der Waals surface area contributed by atoms with Gasteiger partial charge in [0.05, 0.1) is 11.7 Å². The fraction of sp³-hybridized carbons (Fsp3) is 0.455. The van der Waals surface area contributed by atoms with Crippen LogP contribution in [0.15, 0.2) is 18.3 Å². The summed E-state index contributed by atoms with van der Waals surface area (Å²) < 4.78 is 12.6. The van der Waals surface area contributed by atoms with E-state index in [1.807, 2.05) is 0 Å². The fourth-order valence-corrected chi connectivity index (χ4v) is 1.80. The summed E-state index contributed by atoms with van der Waals surface area (Å²) in [5.41, 5.74) is 5.58. The smallest absolute Gasteiger partial charge is 0.270 e. The van der Waals surface area contributed by atoms with E-state index < -0.39 is 5.82 Å². The van der Waals surface area contributed by atoms with Gasteiger partial charge in [-0.1, -0.05) is 0 Å². The van der Waals surface area contributed by atoms with Crippen molar-refractivity contribution in [2.45, 2.75) is 24.8 Å². The molecule has 0 radical (unpaired) electrons. The highest BCUT2D eigenvalue weighted by atomic mass is 19.1. The molecule has 1 aliphatic rings. The average Bonchev–Trinajstić information content (AvgIpc) is 2.24. The molecular weight excluding hydrogens is 209 g/mol. The summed E-state index contributed by atoms with van der Waals surface area (Å²) >= 11 is 0. The van der Waals surface area contributed by atoms with E-state index in [-0.39, 0.29) is 17.1 Å². The molecular formula is C11H14FN3O. The summed E-state index contributed by atoms with van der Waals surface area (Å²) in [6, 6.07) is 2.59. The van der Waals surface area contributed by atoms with Crippen LogP contribution >= 0.6 is 0 Å². The minimum Gasteiger partial charge on any atom is -0.344 e. The first-order valence-electron chi connectivity index (χ1n) is 5.29. The van der Waals surface area contributed by atoms with Crippen LogP contribution in [0.1, 0.15) is 29.8 Å². The van der Waals surface area contributed by atoms with Crippen molar-refractivity contribution in [1.82, 2.24) is 10.3 Å². The molecule has 0 bridgehead atoms. The highest BCUT2D eigenvalue weighted by molar-refractivity contribution is 5.92. The van der Waals surface area contributed by atoms with Gasteiger partial charge in [0.1, 0.15) is 11.5 Å². The molecule has 5 heteroatoms. The topological polar surface area (TPSA) is 68.0 Å². The van der Waals surface area contributed by atoms with Crippen LogP contribution in [-0.2, 0) is 0 Å². The molecule has 1 saturated carbocycles. The molecule has 86 valence electrons. The zero-order chi connectivity index (χ0) is 11.6. The molecule has 1 aromatic heterocycles. The van der Waals surface area contributed by atoms with Crippen molar-refractivity contribution in [3.8, 4) is 0 Å². The molecule has 0 aliphatic heterocycles. The van der Waals surface area contributed by atoms with Gasteiger partial charge >= 0.3 is 0 Å². The molecule has 0 unspecified atom stereocenters. The van der Waals surface area contributed by atoms with Crippen molar-refractivity contribution in [2.75, 3.05) is 6.54 Å². The van der Waals surface area contributed by atoms with E-state index in [0.29, 0.717) is 6.54 Å². The molecule has 16 heavy (non-hydrogen) atoms. The van der Waals surface area contributed by atoms with Gasteiger partial charge in [0.25, 0.3) is 5.91 Å². The first-order valence-corrected chi connectivity index (χ1v) is 5.29. The van der Waals surface area contributed by atoms with Crippen LogP contribution in [0.3, 0.4) is 0 Å². The number of hydrogen-bond acceptors (Lipinski definition) is 3. The number of amides is 1. The Hall–Kier alpha value is -1.49. The second-order valence-electron chi connectivity index (χ2n) is 4.15. The van der Waals surface area contributed by atoms with E-state index in [0.717, 1.165) is 25.5 Å². The molecule has 2 rings (SSSR count). The first-order chi connectivity index (χ1) is 7.65. The summed E-state index contributed by atoms with van der Waals surface area (Å²) in [5, 5.41) is 2.87. The SMILES string of the molecule is NCC1(NC(=O)c2ccc(F)cn2)CCC1. The predicted octanol–water partition coefficient (Wildman–Crippen LogP) is 0.832. The van der Waals surface area contributed by atoms with Crippen molar-refractivity contribution in [3.63, 3.8) is 0 Å². The molecule has 1 aromatic rings. The van der Waals surface area contributed by atoms with Gasteiger partial charge in [-0.15, -0.1) is 0 Å². The Balaban J connectivity index is 2.05. The molecule has 0 spiro atoms. The van der Waals surface area contributed by atoms with Crippen LogP contribution in [0.5, 0.6) is 0 Å². The molecule has 0 saturated heterocycles. The van der Waals surface area contributed by atoms with Gasteiger partial charge in [-0.25, -0.2) is 9.37 Å². The maximum atomic E-state index is 12.6. The van der Waals surface area contributed by atoms with Crippen LogP contribution < -0.4 is 11.1 Å². The monoisotopic (exact) mass is 223 g/mol. The lowest BCUT2D eigenvalue weighted by atomic mass is 9.77. The number of nitrogens with zero attached hydrogens (tertiary/aromatic N) is 1. The number of halogens is 1. The fourth-order valence-electron chi connectivity index (χ4n) is 1.80. The number of rotatable bonds is 3. The average molecular weight is 223 g/mol. The van der Waals surface area contributed by atoms with Gasteiger partial charge in [-0.2, -0.15) is 0 Å². The van der Waals surface area contributed by atoms with E-state index in [1.54, 1.807) is 0 Å². The number of nitrogens with one attached hydrogen (secondary N) is 1. The molecule has 0 aromatic carbocycles. The van der Waals surface area contributed by atoms with Gasteiger partial charge < -0.3 is 11.1 Å². The van der Waals surface area contributed by atoms with E-state index in [4.69, 9.17) is 5.73 Å². The Morgan fingerprint density at radius 2 is 2.31 bits per heavy atom. The minimum absolute atomic E-state index is 0.223. The summed E-state index contributed by atoms with van der Waals surface area (Å²) in [4.78, 5) is 15.5. The van der Waals surface area contributed by atoms with E-state index in [1.165, 1.54) is 12.1 Å². The number of hydrogen-bond donors (Lipinski definition) is 2. The Kier molecular flexibility index (Phi) is 2.87. The lowest BCUT2D eigenvalue weighted by Crippen LogP contribution is -2.58. The van der Waals surface area contributed by atoms with Gasteiger partial charge in [-0.3, -0.25) is 4.79 Å². The molecule has 4 nitrogen and oxygen atoms in total.